The molecule has 2 nitrogen and oxygen atoms in total. The highest BCUT2D eigenvalue weighted by molar-refractivity contribution is 7.27. The minimum absolute atomic E-state index is 0.158. The number of aromatic nitrogens is 1. The Labute approximate surface area is 357 Å². The van der Waals surface area contributed by atoms with E-state index in [0.29, 0.717) is 0 Å². The van der Waals surface area contributed by atoms with Gasteiger partial charge in [0.25, 0.3) is 0 Å². The monoisotopic (exact) mass is 802 g/mol. The molecule has 0 saturated carbocycles. The lowest BCUT2D eigenvalue weighted by Crippen LogP contribution is -2.17. The minimum atomic E-state index is -0.158. The number of para-hydroxylation sites is 1. The summed E-state index contributed by atoms with van der Waals surface area (Å²) in [6, 6.07) is 71.2. The highest BCUT2D eigenvalue weighted by atomic mass is 32.1. The number of hydrogen-bond acceptors (Lipinski definition) is 4. The molecule has 1 aliphatic rings. The van der Waals surface area contributed by atoms with Crippen LogP contribution in [0.15, 0.2) is 194 Å². The van der Waals surface area contributed by atoms with Gasteiger partial charge in [0.05, 0.1) is 15.9 Å². The third-order valence-electron chi connectivity index (χ3n) is 12.5. The second-order valence-electron chi connectivity index (χ2n) is 16.3. The molecule has 2 aromatic heterocycles. The highest BCUT2D eigenvalue weighted by Gasteiger charge is 2.36. The molecule has 2 heterocycles. The first-order valence-corrected chi connectivity index (χ1v) is 22.2. The number of thiophene rings is 1. The topological polar surface area (TPSA) is 16.1 Å². The normalized spacial score (nSPS) is 13.0. The molecule has 284 valence electrons. The van der Waals surface area contributed by atoms with Crippen molar-refractivity contribution in [1.82, 2.24) is 4.98 Å². The van der Waals surface area contributed by atoms with Crippen LogP contribution in [0.5, 0.6) is 0 Å². The van der Waals surface area contributed by atoms with Crippen LogP contribution in [0.3, 0.4) is 0 Å². The van der Waals surface area contributed by atoms with E-state index in [9.17, 15) is 0 Å². The maximum absolute atomic E-state index is 5.44. The standard InChI is InChI=1S/C56H38N2S2/c1-56(2)46-20-10-8-16-41(46)42-33-32-40(34-47(42)56)58(39-30-28-38(29-31-39)37-26-24-36(25-27-37)35-14-4-3-5-15-35)53-43-17-6-7-18-44(43)54-51(45-19-9-12-22-49(45)59-54)52(53)55-57-48-21-11-13-23-50(48)60-55/h3-34H,1-2H3. The molecule has 0 saturated heterocycles. The molecule has 0 unspecified atom stereocenters. The Bertz CT molecular complexity index is 3410. The maximum atomic E-state index is 5.44. The second kappa shape index (κ2) is 13.6. The number of anilines is 3. The van der Waals surface area contributed by atoms with Crippen LogP contribution < -0.4 is 4.90 Å². The van der Waals surface area contributed by atoms with E-state index in [-0.39, 0.29) is 5.41 Å². The molecule has 4 heteroatoms. The van der Waals surface area contributed by atoms with E-state index >= 15 is 0 Å². The van der Waals surface area contributed by atoms with Gasteiger partial charge in [-0.15, -0.1) is 22.7 Å². The Morgan fingerprint density at radius 3 is 1.77 bits per heavy atom. The maximum Gasteiger partial charge on any atom is 0.127 e. The number of rotatable bonds is 6. The third-order valence-corrected chi connectivity index (χ3v) is 14.8. The minimum Gasteiger partial charge on any atom is -0.309 e. The summed E-state index contributed by atoms with van der Waals surface area (Å²) in [7, 11) is 0. The third kappa shape index (κ3) is 5.41. The number of thiazole rings is 1. The van der Waals surface area contributed by atoms with E-state index in [2.05, 4.69) is 213 Å². The molecule has 0 fully saturated rings. The Morgan fingerprint density at radius 2 is 1.02 bits per heavy atom. The van der Waals surface area contributed by atoms with Crippen LogP contribution in [0, 0.1) is 0 Å². The first-order valence-electron chi connectivity index (χ1n) is 20.5. The fourth-order valence-corrected chi connectivity index (χ4v) is 11.8. The van der Waals surface area contributed by atoms with Crippen molar-refractivity contribution in [2.24, 2.45) is 0 Å². The second-order valence-corrected chi connectivity index (χ2v) is 18.4. The average molecular weight is 803 g/mol. The summed E-state index contributed by atoms with van der Waals surface area (Å²) in [6.45, 7) is 4.74. The SMILES string of the molecule is CC1(C)c2ccccc2-c2ccc(N(c3ccc(-c4ccc(-c5ccccc5)cc4)cc3)c3c(-c4nc5ccccc5s4)c4c5ccccc5sc4c4ccccc34)cc21. The van der Waals surface area contributed by atoms with Gasteiger partial charge in [0.2, 0.25) is 0 Å². The lowest BCUT2D eigenvalue weighted by atomic mass is 9.82. The van der Waals surface area contributed by atoms with E-state index in [1.54, 1.807) is 11.3 Å². The molecule has 0 aliphatic heterocycles. The summed E-state index contributed by atoms with van der Waals surface area (Å²) in [4.78, 5) is 7.97. The number of nitrogens with zero attached hydrogens (tertiary/aromatic N) is 2. The van der Waals surface area contributed by atoms with Crippen molar-refractivity contribution >= 4 is 80.9 Å². The number of hydrogen-bond donors (Lipinski definition) is 0. The van der Waals surface area contributed by atoms with Crippen LogP contribution in [0.1, 0.15) is 25.0 Å². The van der Waals surface area contributed by atoms with E-state index < -0.39 is 0 Å². The zero-order valence-corrected chi connectivity index (χ0v) is 34.8. The van der Waals surface area contributed by atoms with Crippen molar-refractivity contribution in [2.45, 2.75) is 19.3 Å². The first-order chi connectivity index (χ1) is 29.5. The van der Waals surface area contributed by atoms with Crippen molar-refractivity contribution in [1.29, 1.82) is 0 Å². The first kappa shape index (κ1) is 35.1. The molecule has 0 atom stereocenters. The van der Waals surface area contributed by atoms with Gasteiger partial charge in [-0.25, -0.2) is 4.98 Å². The predicted octanol–water partition coefficient (Wildman–Crippen LogP) is 16.6. The summed E-state index contributed by atoms with van der Waals surface area (Å²) in [6.07, 6.45) is 0. The van der Waals surface area contributed by atoms with Crippen molar-refractivity contribution in [3.05, 3.63) is 205 Å². The molecule has 0 N–H and O–H groups in total. The van der Waals surface area contributed by atoms with Gasteiger partial charge in [-0.3, -0.25) is 0 Å². The zero-order valence-electron chi connectivity index (χ0n) is 33.2. The Hall–Kier alpha value is -6.85. The molecule has 1 aliphatic carbocycles. The molecule has 12 rings (SSSR count). The van der Waals surface area contributed by atoms with Crippen LogP contribution >= 0.6 is 22.7 Å². The number of benzene rings is 9. The van der Waals surface area contributed by atoms with Crippen molar-refractivity contribution in [2.75, 3.05) is 4.90 Å². The molecule has 60 heavy (non-hydrogen) atoms. The van der Waals surface area contributed by atoms with Crippen molar-refractivity contribution < 1.29 is 0 Å². The molecule has 0 spiro atoms. The fourth-order valence-electron chi connectivity index (χ4n) is 9.57. The van der Waals surface area contributed by atoms with Crippen LogP contribution in [0.4, 0.5) is 17.1 Å². The molecular formula is C56H38N2S2. The highest BCUT2D eigenvalue weighted by Crippen LogP contribution is 2.56. The average Bonchev–Trinajstić information content (AvgIpc) is 3.98. The van der Waals surface area contributed by atoms with Gasteiger partial charge < -0.3 is 4.90 Å². The lowest BCUT2D eigenvalue weighted by Gasteiger charge is -2.31. The van der Waals surface area contributed by atoms with Gasteiger partial charge >= 0.3 is 0 Å². The fraction of sp³-hybridized carbons (Fsp3) is 0.0536. The number of fused-ring (bicyclic) bond motifs is 9. The van der Waals surface area contributed by atoms with E-state index in [0.717, 1.165) is 27.6 Å². The van der Waals surface area contributed by atoms with E-state index in [1.807, 2.05) is 11.3 Å². The van der Waals surface area contributed by atoms with Gasteiger partial charge in [0.15, 0.2) is 0 Å². The summed E-state index contributed by atoms with van der Waals surface area (Å²) < 4.78 is 3.76. The van der Waals surface area contributed by atoms with Gasteiger partial charge in [0.1, 0.15) is 5.01 Å². The smallest absolute Gasteiger partial charge is 0.127 e. The van der Waals surface area contributed by atoms with Gasteiger partial charge in [-0.05, 0) is 87.0 Å². The Kier molecular flexibility index (Phi) is 7.96. The van der Waals surface area contributed by atoms with Crippen molar-refractivity contribution in [3.8, 4) is 44.0 Å². The van der Waals surface area contributed by atoms with Crippen LogP contribution in [-0.2, 0) is 5.41 Å². The van der Waals surface area contributed by atoms with Gasteiger partial charge in [-0.2, -0.15) is 0 Å². The Morgan fingerprint density at radius 1 is 0.450 bits per heavy atom. The molecule has 9 aromatic carbocycles. The van der Waals surface area contributed by atoms with Crippen LogP contribution in [-0.4, -0.2) is 4.98 Å². The van der Waals surface area contributed by atoms with E-state index in [4.69, 9.17) is 4.98 Å². The van der Waals surface area contributed by atoms with Crippen molar-refractivity contribution in [3.63, 3.8) is 0 Å². The summed E-state index contributed by atoms with van der Waals surface area (Å²) in [5.41, 5.74) is 15.6. The van der Waals surface area contributed by atoms with E-state index in [1.165, 1.54) is 85.7 Å². The van der Waals surface area contributed by atoms with Gasteiger partial charge in [0, 0.05) is 53.3 Å². The summed E-state index contributed by atoms with van der Waals surface area (Å²) >= 11 is 3.67. The Balaban J connectivity index is 1.14. The predicted molar refractivity (Wildman–Crippen MR) is 259 cm³/mol. The molecule has 0 amide bonds. The van der Waals surface area contributed by atoms with Crippen LogP contribution in [0.2, 0.25) is 0 Å². The zero-order chi connectivity index (χ0) is 40.0. The quantitative estimate of drug-likeness (QED) is 0.166. The molecule has 0 radical (unpaired) electrons. The summed E-state index contributed by atoms with van der Waals surface area (Å²) in [5.74, 6) is 0. The molecule has 11 aromatic rings. The largest absolute Gasteiger partial charge is 0.309 e. The van der Waals surface area contributed by atoms with Crippen LogP contribution in [0.25, 0.3) is 85.1 Å². The lowest BCUT2D eigenvalue weighted by molar-refractivity contribution is 0.660. The molecular weight excluding hydrogens is 765 g/mol. The molecule has 0 bridgehead atoms. The summed E-state index contributed by atoms with van der Waals surface area (Å²) in [5, 5.41) is 6.01. The van der Waals surface area contributed by atoms with Gasteiger partial charge in [-0.1, -0.05) is 166 Å².